The van der Waals surface area contributed by atoms with E-state index in [1.54, 1.807) is 18.6 Å². The average Bonchev–Trinajstić information content (AvgIpc) is 3.23. The second kappa shape index (κ2) is 7.28. The third kappa shape index (κ3) is 3.73. The van der Waals surface area contributed by atoms with E-state index < -0.39 is 0 Å². The molecular weight excluding hydrogens is 358 g/mol. The Morgan fingerprint density at radius 3 is 2.81 bits per heavy atom. The molecule has 1 amide bonds. The van der Waals surface area contributed by atoms with Crippen LogP contribution >= 0.6 is 11.3 Å². The number of nitrogens with one attached hydrogen (secondary N) is 1. The van der Waals surface area contributed by atoms with Gasteiger partial charge in [-0.15, -0.1) is 11.3 Å². The van der Waals surface area contributed by atoms with Crippen LogP contribution in [0.1, 0.15) is 28.7 Å². The quantitative estimate of drug-likeness (QED) is 0.578. The highest BCUT2D eigenvalue weighted by Crippen LogP contribution is 2.24. The highest BCUT2D eigenvalue weighted by atomic mass is 32.1. The van der Waals surface area contributed by atoms with Crippen LogP contribution in [0.4, 0.5) is 0 Å². The summed E-state index contributed by atoms with van der Waals surface area (Å²) in [5, 5.41) is 4.87. The zero-order valence-corrected chi connectivity index (χ0v) is 15.9. The maximum absolute atomic E-state index is 12.7. The van der Waals surface area contributed by atoms with Crippen molar-refractivity contribution in [2.24, 2.45) is 0 Å². The van der Waals surface area contributed by atoms with Gasteiger partial charge in [-0.3, -0.25) is 19.2 Å². The van der Waals surface area contributed by atoms with Gasteiger partial charge in [0.2, 0.25) is 0 Å². The van der Waals surface area contributed by atoms with Crippen molar-refractivity contribution in [1.82, 2.24) is 24.7 Å². The SMILES string of the molecule is Cc1ccc(-c2cn3c(C(=O)NC(C)Cc4cnccn4)csc3n2)cc1. The number of aryl methyl sites for hydroxylation is 1. The van der Waals surface area contributed by atoms with Gasteiger partial charge >= 0.3 is 0 Å². The molecule has 6 nitrogen and oxygen atoms in total. The molecule has 0 bridgehead atoms. The van der Waals surface area contributed by atoms with E-state index in [0.29, 0.717) is 12.1 Å². The van der Waals surface area contributed by atoms with Gasteiger partial charge in [0.05, 0.1) is 11.4 Å². The monoisotopic (exact) mass is 377 g/mol. The number of aromatic nitrogens is 4. The van der Waals surface area contributed by atoms with Gasteiger partial charge in [0.1, 0.15) is 5.69 Å². The lowest BCUT2D eigenvalue weighted by molar-refractivity contribution is 0.0934. The molecule has 0 spiro atoms. The molecule has 0 saturated carbocycles. The maximum Gasteiger partial charge on any atom is 0.269 e. The Morgan fingerprint density at radius 2 is 2.07 bits per heavy atom. The Balaban J connectivity index is 1.52. The molecule has 136 valence electrons. The minimum atomic E-state index is -0.120. The molecule has 7 heteroatoms. The third-order valence-electron chi connectivity index (χ3n) is 4.30. The largest absolute Gasteiger partial charge is 0.348 e. The molecular formula is C20H19N5OS. The van der Waals surface area contributed by atoms with Gasteiger partial charge in [-0.25, -0.2) is 4.98 Å². The van der Waals surface area contributed by atoms with Crippen molar-refractivity contribution in [3.05, 3.63) is 71.4 Å². The van der Waals surface area contributed by atoms with E-state index in [2.05, 4.69) is 39.3 Å². The standard InChI is InChI=1S/C20H19N5OS/c1-13-3-5-15(6-4-13)17-11-25-18(12-27-20(25)24-17)19(26)23-14(2)9-16-10-21-7-8-22-16/h3-8,10-12,14H,9H2,1-2H3,(H,23,26). The fourth-order valence-electron chi connectivity index (χ4n) is 2.91. The van der Waals surface area contributed by atoms with E-state index >= 15 is 0 Å². The number of nitrogens with zero attached hydrogens (tertiary/aromatic N) is 4. The first-order valence-electron chi connectivity index (χ1n) is 8.69. The highest BCUT2D eigenvalue weighted by molar-refractivity contribution is 7.15. The summed E-state index contributed by atoms with van der Waals surface area (Å²) in [5.74, 6) is -0.120. The first-order chi connectivity index (χ1) is 13.1. The van der Waals surface area contributed by atoms with Crippen molar-refractivity contribution in [1.29, 1.82) is 0 Å². The van der Waals surface area contributed by atoms with Crippen LogP contribution in [-0.2, 0) is 6.42 Å². The van der Waals surface area contributed by atoms with E-state index in [1.807, 2.05) is 35.0 Å². The second-order valence-electron chi connectivity index (χ2n) is 6.54. The molecule has 3 heterocycles. The van der Waals surface area contributed by atoms with Crippen molar-refractivity contribution in [3.8, 4) is 11.3 Å². The summed E-state index contributed by atoms with van der Waals surface area (Å²) in [7, 11) is 0. The summed E-state index contributed by atoms with van der Waals surface area (Å²) in [6.07, 6.45) is 7.56. The highest BCUT2D eigenvalue weighted by Gasteiger charge is 2.17. The summed E-state index contributed by atoms with van der Waals surface area (Å²) in [5.41, 5.74) is 4.55. The topological polar surface area (TPSA) is 72.2 Å². The average molecular weight is 377 g/mol. The van der Waals surface area contributed by atoms with Gasteiger partial charge < -0.3 is 5.32 Å². The lowest BCUT2D eigenvalue weighted by Gasteiger charge is -2.12. The molecule has 0 radical (unpaired) electrons. The number of imidazole rings is 1. The Kier molecular flexibility index (Phi) is 4.68. The van der Waals surface area contributed by atoms with Crippen LogP contribution in [0.5, 0.6) is 0 Å². The number of fused-ring (bicyclic) bond motifs is 1. The van der Waals surface area contributed by atoms with Crippen molar-refractivity contribution in [3.63, 3.8) is 0 Å². The number of benzene rings is 1. The summed E-state index contributed by atoms with van der Waals surface area (Å²) in [6, 6.07) is 8.16. The van der Waals surface area contributed by atoms with E-state index in [1.165, 1.54) is 16.9 Å². The molecule has 27 heavy (non-hydrogen) atoms. The summed E-state index contributed by atoms with van der Waals surface area (Å²) >= 11 is 1.46. The van der Waals surface area contributed by atoms with E-state index in [0.717, 1.165) is 21.9 Å². The smallest absolute Gasteiger partial charge is 0.269 e. The van der Waals surface area contributed by atoms with Crippen LogP contribution in [0, 0.1) is 6.92 Å². The van der Waals surface area contributed by atoms with Gasteiger partial charge in [0.15, 0.2) is 4.96 Å². The number of carbonyl (C=O) groups excluding carboxylic acids is 1. The first-order valence-corrected chi connectivity index (χ1v) is 9.57. The number of amides is 1. The fourth-order valence-corrected chi connectivity index (χ4v) is 3.76. The first kappa shape index (κ1) is 17.4. The molecule has 0 saturated heterocycles. The predicted molar refractivity (Wildman–Crippen MR) is 106 cm³/mol. The molecule has 4 aromatic rings. The van der Waals surface area contributed by atoms with Crippen LogP contribution in [-0.4, -0.2) is 31.3 Å². The number of thiazole rings is 1. The van der Waals surface area contributed by atoms with E-state index in [-0.39, 0.29) is 11.9 Å². The lowest BCUT2D eigenvalue weighted by Crippen LogP contribution is -2.34. The van der Waals surface area contributed by atoms with Crippen LogP contribution in [0.15, 0.2) is 54.4 Å². The maximum atomic E-state index is 12.7. The van der Waals surface area contributed by atoms with E-state index in [4.69, 9.17) is 0 Å². The molecule has 3 aromatic heterocycles. The zero-order valence-electron chi connectivity index (χ0n) is 15.1. The minimum Gasteiger partial charge on any atom is -0.348 e. The van der Waals surface area contributed by atoms with Gasteiger partial charge in [-0.05, 0) is 13.8 Å². The van der Waals surface area contributed by atoms with Crippen molar-refractivity contribution >= 4 is 22.2 Å². The second-order valence-corrected chi connectivity index (χ2v) is 7.38. The number of hydrogen-bond acceptors (Lipinski definition) is 5. The molecule has 0 aliphatic carbocycles. The van der Waals surface area contributed by atoms with Crippen molar-refractivity contribution in [2.75, 3.05) is 0 Å². The van der Waals surface area contributed by atoms with Crippen LogP contribution in [0.3, 0.4) is 0 Å². The van der Waals surface area contributed by atoms with Gasteiger partial charge in [0, 0.05) is 48.2 Å². The molecule has 0 aliphatic heterocycles. The Bertz CT molecular complexity index is 1070. The Morgan fingerprint density at radius 1 is 1.26 bits per heavy atom. The van der Waals surface area contributed by atoms with Crippen LogP contribution in [0.25, 0.3) is 16.2 Å². The number of carbonyl (C=O) groups is 1. The molecule has 1 aromatic carbocycles. The van der Waals surface area contributed by atoms with Gasteiger partial charge in [-0.2, -0.15) is 0 Å². The zero-order chi connectivity index (χ0) is 18.8. The van der Waals surface area contributed by atoms with E-state index in [9.17, 15) is 4.79 Å². The van der Waals surface area contributed by atoms with Gasteiger partial charge in [0.25, 0.3) is 5.91 Å². The summed E-state index contributed by atoms with van der Waals surface area (Å²) < 4.78 is 1.85. The van der Waals surface area contributed by atoms with Crippen LogP contribution in [0.2, 0.25) is 0 Å². The molecule has 1 unspecified atom stereocenters. The third-order valence-corrected chi connectivity index (χ3v) is 5.14. The summed E-state index contributed by atoms with van der Waals surface area (Å²) in [4.78, 5) is 26.5. The molecule has 4 rings (SSSR count). The minimum absolute atomic E-state index is 0.0516. The molecule has 1 N–H and O–H groups in total. The Hall–Kier alpha value is -3.06. The lowest BCUT2D eigenvalue weighted by atomic mass is 10.1. The van der Waals surface area contributed by atoms with Crippen molar-refractivity contribution < 1.29 is 4.79 Å². The summed E-state index contributed by atoms with van der Waals surface area (Å²) in [6.45, 7) is 4.02. The van der Waals surface area contributed by atoms with Gasteiger partial charge in [-0.1, -0.05) is 29.8 Å². The molecule has 1 atom stereocenters. The number of hydrogen-bond donors (Lipinski definition) is 1. The normalized spacial score (nSPS) is 12.2. The van der Waals surface area contributed by atoms with Crippen LogP contribution < -0.4 is 5.32 Å². The predicted octanol–water partition coefficient (Wildman–Crippen LogP) is 3.52. The molecule has 0 fully saturated rings. The fraction of sp³-hybridized carbons (Fsp3) is 0.200. The Labute approximate surface area is 160 Å². The molecule has 0 aliphatic rings. The number of rotatable bonds is 5. The van der Waals surface area contributed by atoms with Crippen molar-refractivity contribution in [2.45, 2.75) is 26.3 Å².